The molecule has 0 bridgehead atoms. The van der Waals surface area contributed by atoms with Crippen LogP contribution in [0.4, 0.5) is 5.69 Å². The van der Waals surface area contributed by atoms with E-state index in [1.165, 1.54) is 6.42 Å². The zero-order valence-electron chi connectivity index (χ0n) is 11.3. The number of hydrogen-bond donors (Lipinski definition) is 1. The molecule has 102 valence electrons. The summed E-state index contributed by atoms with van der Waals surface area (Å²) in [6, 6.07) is 5.59. The SMILES string of the molecule is CCCCCn1nnnc1-c1cccc(N)c1OC. The van der Waals surface area contributed by atoms with Crippen molar-refractivity contribution in [3.05, 3.63) is 18.2 Å². The third-order valence-electron chi connectivity index (χ3n) is 3.00. The fraction of sp³-hybridized carbons (Fsp3) is 0.462. The number of rotatable bonds is 6. The number of tetrazole rings is 1. The van der Waals surface area contributed by atoms with Gasteiger partial charge in [0.1, 0.15) is 0 Å². The summed E-state index contributed by atoms with van der Waals surface area (Å²) in [6.45, 7) is 2.97. The van der Waals surface area contributed by atoms with Crippen molar-refractivity contribution in [3.8, 4) is 17.1 Å². The van der Waals surface area contributed by atoms with Crippen molar-refractivity contribution >= 4 is 5.69 Å². The Morgan fingerprint density at radius 2 is 2.16 bits per heavy atom. The van der Waals surface area contributed by atoms with Crippen LogP contribution >= 0.6 is 0 Å². The molecule has 0 radical (unpaired) electrons. The van der Waals surface area contributed by atoms with E-state index < -0.39 is 0 Å². The van der Waals surface area contributed by atoms with E-state index in [1.807, 2.05) is 12.1 Å². The van der Waals surface area contributed by atoms with E-state index in [0.29, 0.717) is 17.3 Å². The Bertz CT molecular complexity index is 538. The fourth-order valence-electron chi connectivity index (χ4n) is 2.02. The highest BCUT2D eigenvalue weighted by Crippen LogP contribution is 2.33. The highest BCUT2D eigenvalue weighted by Gasteiger charge is 2.15. The average molecular weight is 261 g/mol. The second kappa shape index (κ2) is 6.17. The third-order valence-corrected chi connectivity index (χ3v) is 3.00. The summed E-state index contributed by atoms with van der Waals surface area (Å²) in [5, 5.41) is 11.9. The van der Waals surface area contributed by atoms with Crippen LogP contribution in [0.2, 0.25) is 0 Å². The van der Waals surface area contributed by atoms with Crippen LogP contribution in [0.1, 0.15) is 26.2 Å². The van der Waals surface area contributed by atoms with Gasteiger partial charge in [0.25, 0.3) is 0 Å². The number of hydrogen-bond acceptors (Lipinski definition) is 5. The quantitative estimate of drug-likeness (QED) is 0.636. The lowest BCUT2D eigenvalue weighted by atomic mass is 10.1. The molecule has 2 rings (SSSR count). The molecule has 6 heteroatoms. The largest absolute Gasteiger partial charge is 0.494 e. The van der Waals surface area contributed by atoms with E-state index in [2.05, 4.69) is 22.4 Å². The van der Waals surface area contributed by atoms with Crippen LogP contribution < -0.4 is 10.5 Å². The predicted molar refractivity (Wildman–Crippen MR) is 73.7 cm³/mol. The fourth-order valence-corrected chi connectivity index (χ4v) is 2.02. The van der Waals surface area contributed by atoms with Crippen LogP contribution in [0.3, 0.4) is 0 Å². The Morgan fingerprint density at radius 1 is 1.32 bits per heavy atom. The van der Waals surface area contributed by atoms with E-state index in [1.54, 1.807) is 17.9 Å². The van der Waals surface area contributed by atoms with Gasteiger partial charge in [-0.15, -0.1) is 5.10 Å². The standard InChI is InChI=1S/C13H19N5O/c1-3-4-5-9-18-13(15-16-17-18)10-7-6-8-11(14)12(10)19-2/h6-8H,3-5,9,14H2,1-2H3. The lowest BCUT2D eigenvalue weighted by molar-refractivity contribution is 0.417. The molecular weight excluding hydrogens is 242 g/mol. The van der Waals surface area contributed by atoms with Crippen molar-refractivity contribution in [1.82, 2.24) is 20.2 Å². The van der Waals surface area contributed by atoms with Crippen molar-refractivity contribution in [1.29, 1.82) is 0 Å². The van der Waals surface area contributed by atoms with Crippen molar-refractivity contribution in [2.45, 2.75) is 32.7 Å². The summed E-state index contributed by atoms with van der Waals surface area (Å²) in [6.07, 6.45) is 3.38. The molecule has 1 aromatic carbocycles. The number of aryl methyl sites for hydroxylation is 1. The van der Waals surface area contributed by atoms with Gasteiger partial charge >= 0.3 is 0 Å². The van der Waals surface area contributed by atoms with Crippen LogP contribution in [-0.2, 0) is 6.54 Å². The second-order valence-corrected chi connectivity index (χ2v) is 4.36. The van der Waals surface area contributed by atoms with Crippen molar-refractivity contribution in [3.63, 3.8) is 0 Å². The number of anilines is 1. The first kappa shape index (κ1) is 13.3. The van der Waals surface area contributed by atoms with Gasteiger partial charge in [-0.3, -0.25) is 0 Å². The Morgan fingerprint density at radius 3 is 2.89 bits per heavy atom. The number of nitrogens with zero attached hydrogens (tertiary/aromatic N) is 4. The highest BCUT2D eigenvalue weighted by atomic mass is 16.5. The maximum absolute atomic E-state index is 5.91. The van der Waals surface area contributed by atoms with Gasteiger partial charge in [-0.05, 0) is 29.0 Å². The number of nitrogen functional groups attached to an aromatic ring is 1. The molecule has 0 unspecified atom stereocenters. The van der Waals surface area contributed by atoms with Gasteiger partial charge in [0.05, 0.1) is 18.4 Å². The zero-order valence-corrected chi connectivity index (χ0v) is 11.3. The number of nitrogens with two attached hydrogens (primary N) is 1. The van der Waals surface area contributed by atoms with Gasteiger partial charge in [-0.2, -0.15) is 0 Å². The number of aromatic nitrogens is 4. The molecule has 0 amide bonds. The molecule has 1 aromatic heterocycles. The molecule has 19 heavy (non-hydrogen) atoms. The molecular formula is C13H19N5O. The normalized spacial score (nSPS) is 10.6. The minimum Gasteiger partial charge on any atom is -0.494 e. The first-order valence-corrected chi connectivity index (χ1v) is 6.47. The molecule has 0 saturated heterocycles. The lowest BCUT2D eigenvalue weighted by Crippen LogP contribution is -2.04. The summed E-state index contributed by atoms with van der Waals surface area (Å²) >= 11 is 0. The Labute approximate surface area is 112 Å². The van der Waals surface area contributed by atoms with Crippen LogP contribution in [0.25, 0.3) is 11.4 Å². The Kier molecular flexibility index (Phi) is 4.33. The third kappa shape index (κ3) is 2.83. The number of benzene rings is 1. The Balaban J connectivity index is 2.32. The van der Waals surface area contributed by atoms with Crippen LogP contribution in [0.5, 0.6) is 5.75 Å². The minimum absolute atomic E-state index is 0.586. The van der Waals surface area contributed by atoms with Gasteiger partial charge in [-0.25, -0.2) is 4.68 Å². The zero-order chi connectivity index (χ0) is 13.7. The summed E-state index contributed by atoms with van der Waals surface area (Å²) in [7, 11) is 1.60. The van der Waals surface area contributed by atoms with Crippen LogP contribution in [0.15, 0.2) is 18.2 Å². The first-order valence-electron chi connectivity index (χ1n) is 6.47. The molecule has 0 aliphatic rings. The molecule has 2 N–H and O–H groups in total. The summed E-state index contributed by atoms with van der Waals surface area (Å²) in [5.74, 6) is 1.31. The molecule has 0 saturated carbocycles. The maximum Gasteiger partial charge on any atom is 0.185 e. The van der Waals surface area contributed by atoms with E-state index >= 15 is 0 Å². The van der Waals surface area contributed by atoms with Crippen molar-refractivity contribution in [2.24, 2.45) is 0 Å². The summed E-state index contributed by atoms with van der Waals surface area (Å²) in [4.78, 5) is 0. The topological polar surface area (TPSA) is 78.9 Å². The van der Waals surface area contributed by atoms with Crippen molar-refractivity contribution in [2.75, 3.05) is 12.8 Å². The molecule has 6 nitrogen and oxygen atoms in total. The average Bonchev–Trinajstić information content (AvgIpc) is 2.87. The van der Waals surface area contributed by atoms with E-state index in [4.69, 9.17) is 10.5 Å². The van der Waals surface area contributed by atoms with Gasteiger partial charge < -0.3 is 10.5 Å². The molecule has 2 aromatic rings. The lowest BCUT2D eigenvalue weighted by Gasteiger charge is -2.10. The van der Waals surface area contributed by atoms with Crippen LogP contribution in [-0.4, -0.2) is 27.3 Å². The van der Waals surface area contributed by atoms with E-state index in [-0.39, 0.29) is 0 Å². The Hall–Kier alpha value is -2.11. The number of unbranched alkanes of at least 4 members (excludes halogenated alkanes) is 2. The van der Waals surface area contributed by atoms with E-state index in [0.717, 1.165) is 24.9 Å². The number of methoxy groups -OCH3 is 1. The van der Waals surface area contributed by atoms with Crippen molar-refractivity contribution < 1.29 is 4.74 Å². The van der Waals surface area contributed by atoms with Gasteiger partial charge in [0.2, 0.25) is 0 Å². The monoisotopic (exact) mass is 261 g/mol. The molecule has 0 aliphatic carbocycles. The molecule has 0 fully saturated rings. The summed E-state index contributed by atoms with van der Waals surface area (Å²) in [5.41, 5.74) is 7.32. The van der Waals surface area contributed by atoms with Gasteiger partial charge in [-0.1, -0.05) is 25.8 Å². The smallest absolute Gasteiger partial charge is 0.185 e. The van der Waals surface area contributed by atoms with Gasteiger partial charge in [0.15, 0.2) is 11.6 Å². The first-order chi connectivity index (χ1) is 9.27. The predicted octanol–water partition coefficient (Wildman–Crippen LogP) is 2.12. The number of ether oxygens (including phenoxy) is 1. The van der Waals surface area contributed by atoms with Gasteiger partial charge in [0, 0.05) is 6.54 Å². The molecule has 1 heterocycles. The maximum atomic E-state index is 5.91. The highest BCUT2D eigenvalue weighted by molar-refractivity contribution is 5.73. The molecule has 0 atom stereocenters. The summed E-state index contributed by atoms with van der Waals surface area (Å²) < 4.78 is 7.15. The molecule has 0 aliphatic heterocycles. The molecule has 0 spiro atoms. The minimum atomic E-state index is 0.586. The van der Waals surface area contributed by atoms with E-state index in [9.17, 15) is 0 Å². The van der Waals surface area contributed by atoms with Crippen LogP contribution in [0, 0.1) is 0 Å². The number of para-hydroxylation sites is 1. The second-order valence-electron chi connectivity index (χ2n) is 4.36.